The number of carbonyl (C=O) groups is 1. The number of hydrogen-bond acceptors (Lipinski definition) is 2. The summed E-state index contributed by atoms with van der Waals surface area (Å²) in [6, 6.07) is 14.3. The molecule has 0 aromatic heterocycles. The van der Waals surface area contributed by atoms with Crippen LogP contribution in [0.5, 0.6) is 0 Å². The van der Waals surface area contributed by atoms with Crippen LogP contribution in [0.3, 0.4) is 0 Å². The second kappa shape index (κ2) is 6.32. The molecule has 0 aliphatic carbocycles. The van der Waals surface area contributed by atoms with Gasteiger partial charge < -0.3 is 16.0 Å². The van der Waals surface area contributed by atoms with Crippen LogP contribution in [0.15, 0.2) is 42.5 Å². The van der Waals surface area contributed by atoms with Crippen LogP contribution in [0.1, 0.15) is 12.8 Å². The molecule has 1 fully saturated rings. The summed E-state index contributed by atoms with van der Waals surface area (Å²) in [5.41, 5.74) is 6.42. The van der Waals surface area contributed by atoms with Gasteiger partial charge in [-0.25, -0.2) is 0 Å². The predicted molar refractivity (Wildman–Crippen MR) is 93.7 cm³/mol. The van der Waals surface area contributed by atoms with Crippen molar-refractivity contribution in [2.45, 2.75) is 12.8 Å². The molecule has 1 aliphatic heterocycles. The Bertz CT molecular complexity index is 711. The van der Waals surface area contributed by atoms with Crippen LogP contribution in [-0.4, -0.2) is 29.0 Å². The molecule has 114 valence electrons. The number of nitrogens with two attached hydrogens (primary N) is 1. The van der Waals surface area contributed by atoms with Crippen molar-refractivity contribution in [1.29, 1.82) is 0 Å². The van der Waals surface area contributed by atoms with E-state index in [0.29, 0.717) is 11.7 Å². The van der Waals surface area contributed by atoms with Gasteiger partial charge in [0, 0.05) is 24.2 Å². The SMILES string of the molecule is NC(=O)[C@@H]1CCCN(C(=S)Nc2cccc3ccccc23)C1. The Hall–Kier alpha value is -2.14. The zero-order chi connectivity index (χ0) is 15.5. The number of fused-ring (bicyclic) bond motifs is 1. The molecule has 1 heterocycles. The van der Waals surface area contributed by atoms with E-state index in [4.69, 9.17) is 18.0 Å². The molecule has 1 atom stereocenters. The van der Waals surface area contributed by atoms with Gasteiger partial charge in [0.25, 0.3) is 0 Å². The molecule has 0 bridgehead atoms. The zero-order valence-corrected chi connectivity index (χ0v) is 13.1. The largest absolute Gasteiger partial charge is 0.369 e. The molecule has 3 rings (SSSR count). The first-order chi connectivity index (χ1) is 10.6. The number of benzene rings is 2. The molecular weight excluding hydrogens is 294 g/mol. The summed E-state index contributed by atoms with van der Waals surface area (Å²) in [6.45, 7) is 1.46. The first-order valence-electron chi connectivity index (χ1n) is 7.48. The number of carbonyl (C=O) groups excluding carboxylic acids is 1. The van der Waals surface area contributed by atoms with Gasteiger partial charge in [0.1, 0.15) is 0 Å². The zero-order valence-electron chi connectivity index (χ0n) is 12.3. The summed E-state index contributed by atoms with van der Waals surface area (Å²) in [5.74, 6) is -0.348. The van der Waals surface area contributed by atoms with Crippen LogP contribution in [0.25, 0.3) is 10.8 Å². The van der Waals surface area contributed by atoms with Crippen molar-refractivity contribution in [2.24, 2.45) is 11.7 Å². The van der Waals surface area contributed by atoms with Gasteiger partial charge in [0.05, 0.1) is 5.92 Å². The van der Waals surface area contributed by atoms with Crippen molar-refractivity contribution in [3.05, 3.63) is 42.5 Å². The van der Waals surface area contributed by atoms with Crippen LogP contribution in [-0.2, 0) is 4.79 Å². The number of anilines is 1. The normalized spacial score (nSPS) is 18.2. The molecule has 3 N–H and O–H groups in total. The van der Waals surface area contributed by atoms with E-state index in [1.54, 1.807) is 0 Å². The monoisotopic (exact) mass is 313 g/mol. The van der Waals surface area contributed by atoms with Crippen LogP contribution < -0.4 is 11.1 Å². The number of rotatable bonds is 2. The fraction of sp³-hybridized carbons (Fsp3) is 0.294. The number of hydrogen-bond donors (Lipinski definition) is 2. The lowest BCUT2D eigenvalue weighted by Gasteiger charge is -2.33. The van der Waals surface area contributed by atoms with Crippen LogP contribution in [0.2, 0.25) is 0 Å². The Kier molecular flexibility index (Phi) is 4.24. The number of thiocarbonyl (C=S) groups is 1. The maximum absolute atomic E-state index is 11.4. The van der Waals surface area contributed by atoms with Crippen molar-refractivity contribution < 1.29 is 4.79 Å². The van der Waals surface area contributed by atoms with E-state index in [2.05, 4.69) is 23.5 Å². The molecule has 0 radical (unpaired) electrons. The lowest BCUT2D eigenvalue weighted by Crippen LogP contribution is -2.45. The Morgan fingerprint density at radius 2 is 2.00 bits per heavy atom. The van der Waals surface area contributed by atoms with Crippen LogP contribution in [0, 0.1) is 5.92 Å². The van der Waals surface area contributed by atoms with Crippen LogP contribution in [0.4, 0.5) is 5.69 Å². The smallest absolute Gasteiger partial charge is 0.222 e. The number of nitrogens with one attached hydrogen (secondary N) is 1. The first-order valence-corrected chi connectivity index (χ1v) is 7.89. The maximum atomic E-state index is 11.4. The van der Waals surface area contributed by atoms with Gasteiger partial charge in [-0.1, -0.05) is 36.4 Å². The number of primary amides is 1. The fourth-order valence-electron chi connectivity index (χ4n) is 2.92. The lowest BCUT2D eigenvalue weighted by molar-refractivity contribution is -0.122. The highest BCUT2D eigenvalue weighted by Gasteiger charge is 2.25. The molecule has 1 saturated heterocycles. The highest BCUT2D eigenvalue weighted by atomic mass is 32.1. The summed E-state index contributed by atoms with van der Waals surface area (Å²) >= 11 is 5.52. The third kappa shape index (κ3) is 3.04. The van der Waals surface area contributed by atoms with E-state index < -0.39 is 0 Å². The molecule has 0 saturated carbocycles. The second-order valence-electron chi connectivity index (χ2n) is 5.64. The quantitative estimate of drug-likeness (QED) is 0.837. The van der Waals surface area contributed by atoms with Crippen molar-refractivity contribution in [1.82, 2.24) is 4.90 Å². The highest BCUT2D eigenvalue weighted by molar-refractivity contribution is 7.80. The third-order valence-electron chi connectivity index (χ3n) is 4.14. The van der Waals surface area contributed by atoms with E-state index in [9.17, 15) is 4.79 Å². The number of piperidine rings is 1. The van der Waals surface area contributed by atoms with Gasteiger partial charge in [-0.05, 0) is 36.5 Å². The van der Waals surface area contributed by atoms with Gasteiger partial charge in [-0.15, -0.1) is 0 Å². The fourth-order valence-corrected chi connectivity index (χ4v) is 3.20. The molecule has 1 amide bonds. The third-order valence-corrected chi connectivity index (χ3v) is 4.50. The number of likely N-dealkylation sites (tertiary alicyclic amines) is 1. The number of amides is 1. The summed E-state index contributed by atoms with van der Waals surface area (Å²) in [4.78, 5) is 13.4. The Balaban J connectivity index is 1.77. The minimum atomic E-state index is -0.238. The molecule has 5 heteroatoms. The Labute approximate surface area is 135 Å². The van der Waals surface area contributed by atoms with Crippen molar-refractivity contribution >= 4 is 39.7 Å². The van der Waals surface area contributed by atoms with Gasteiger partial charge in [0.2, 0.25) is 5.91 Å². The van der Waals surface area contributed by atoms with Crippen LogP contribution >= 0.6 is 12.2 Å². The van der Waals surface area contributed by atoms with Gasteiger partial charge >= 0.3 is 0 Å². The molecule has 22 heavy (non-hydrogen) atoms. The maximum Gasteiger partial charge on any atom is 0.222 e. The minimum Gasteiger partial charge on any atom is -0.369 e. The number of nitrogens with zero attached hydrogens (tertiary/aromatic N) is 1. The lowest BCUT2D eigenvalue weighted by atomic mass is 9.98. The molecular formula is C17H19N3OS. The van der Waals surface area contributed by atoms with E-state index in [1.165, 1.54) is 5.39 Å². The highest BCUT2D eigenvalue weighted by Crippen LogP contribution is 2.24. The van der Waals surface area contributed by atoms with E-state index >= 15 is 0 Å². The average Bonchev–Trinajstić information content (AvgIpc) is 2.55. The summed E-state index contributed by atoms with van der Waals surface area (Å²) < 4.78 is 0. The van der Waals surface area contributed by atoms with Gasteiger partial charge in [-0.2, -0.15) is 0 Å². The predicted octanol–water partition coefficient (Wildman–Crippen LogP) is 2.73. The molecule has 1 aliphatic rings. The van der Waals surface area contributed by atoms with Crippen molar-refractivity contribution in [3.63, 3.8) is 0 Å². The van der Waals surface area contributed by atoms with Crippen molar-refractivity contribution in [3.8, 4) is 0 Å². The molecule has 2 aromatic rings. The average molecular weight is 313 g/mol. The van der Waals surface area contributed by atoms with Gasteiger partial charge in [0.15, 0.2) is 5.11 Å². The second-order valence-corrected chi connectivity index (χ2v) is 6.03. The van der Waals surface area contributed by atoms with E-state index in [-0.39, 0.29) is 11.8 Å². The van der Waals surface area contributed by atoms with E-state index in [0.717, 1.165) is 30.5 Å². The molecule has 0 unspecified atom stereocenters. The first kappa shape index (κ1) is 14.8. The molecule has 0 spiro atoms. The Morgan fingerprint density at radius 3 is 2.82 bits per heavy atom. The Morgan fingerprint density at radius 1 is 1.23 bits per heavy atom. The summed E-state index contributed by atoms with van der Waals surface area (Å²) in [5, 5.41) is 6.28. The van der Waals surface area contributed by atoms with Crippen molar-refractivity contribution in [2.75, 3.05) is 18.4 Å². The summed E-state index contributed by atoms with van der Waals surface area (Å²) in [7, 11) is 0. The standard InChI is InChI=1S/C17H19N3OS/c18-16(21)13-7-4-10-20(11-13)17(22)19-15-9-3-6-12-5-1-2-8-14(12)15/h1-3,5-6,8-9,13H,4,7,10-11H2,(H2,18,21)(H,19,22)/t13-/m1/s1. The molecule has 2 aromatic carbocycles. The molecule has 4 nitrogen and oxygen atoms in total. The van der Waals surface area contributed by atoms with E-state index in [1.807, 2.05) is 29.2 Å². The topological polar surface area (TPSA) is 58.4 Å². The van der Waals surface area contributed by atoms with Gasteiger partial charge in [-0.3, -0.25) is 4.79 Å². The summed E-state index contributed by atoms with van der Waals surface area (Å²) in [6.07, 6.45) is 1.79. The minimum absolute atomic E-state index is 0.110.